The molecular weight excluding hydrogens is 508 g/mol. The third-order valence-electron chi connectivity index (χ3n) is 4.84. The summed E-state index contributed by atoms with van der Waals surface area (Å²) in [6.45, 7) is -0.0159. The molecule has 0 spiro atoms. The van der Waals surface area contributed by atoms with Crippen molar-refractivity contribution in [2.45, 2.75) is 13.2 Å². The third-order valence-corrected chi connectivity index (χ3v) is 6.84. The number of nitrogens with zero attached hydrogens (tertiary/aromatic N) is 1. The number of hydrogen-bond acceptors (Lipinski definition) is 4. The minimum absolute atomic E-state index is 0.0722. The van der Waals surface area contributed by atoms with E-state index in [1.807, 2.05) is 0 Å². The molecule has 3 aromatic carbocycles. The lowest BCUT2D eigenvalue weighted by Gasteiger charge is -2.13. The maximum atomic E-state index is 14.1. The molecule has 1 saturated heterocycles. The Kier molecular flexibility index (Phi) is 7.29. The molecule has 1 heterocycles. The van der Waals surface area contributed by atoms with Crippen LogP contribution >= 0.6 is 46.6 Å². The molecule has 0 atom stereocenters. The second kappa shape index (κ2) is 10.2. The van der Waals surface area contributed by atoms with Crippen molar-refractivity contribution >= 4 is 63.8 Å². The van der Waals surface area contributed by atoms with Gasteiger partial charge in [0.25, 0.3) is 11.1 Å². The Labute approximate surface area is 208 Å². The van der Waals surface area contributed by atoms with Crippen molar-refractivity contribution in [1.82, 2.24) is 4.90 Å². The van der Waals surface area contributed by atoms with Crippen LogP contribution in [0.2, 0.25) is 15.1 Å². The molecule has 4 nitrogen and oxygen atoms in total. The van der Waals surface area contributed by atoms with Crippen LogP contribution in [0.1, 0.15) is 16.7 Å². The highest BCUT2D eigenvalue weighted by atomic mass is 35.5. The molecule has 4 rings (SSSR count). The van der Waals surface area contributed by atoms with Gasteiger partial charge in [0, 0.05) is 11.1 Å². The molecule has 0 unspecified atom stereocenters. The van der Waals surface area contributed by atoms with Crippen LogP contribution in [0.4, 0.5) is 9.18 Å². The molecule has 0 saturated carbocycles. The summed E-state index contributed by atoms with van der Waals surface area (Å²) in [5, 5.41) is 0.602. The van der Waals surface area contributed by atoms with E-state index >= 15 is 0 Å². The first-order valence-electron chi connectivity index (χ1n) is 9.67. The Morgan fingerprint density at radius 2 is 1.73 bits per heavy atom. The van der Waals surface area contributed by atoms with Gasteiger partial charge < -0.3 is 4.74 Å². The van der Waals surface area contributed by atoms with Crippen LogP contribution in [0.25, 0.3) is 6.08 Å². The number of benzene rings is 3. The number of imide groups is 1. The van der Waals surface area contributed by atoms with Crippen molar-refractivity contribution in [2.75, 3.05) is 0 Å². The van der Waals surface area contributed by atoms with E-state index in [1.54, 1.807) is 54.6 Å². The molecule has 2 amide bonds. The van der Waals surface area contributed by atoms with Crippen molar-refractivity contribution in [3.8, 4) is 5.75 Å². The first-order valence-corrected chi connectivity index (χ1v) is 11.6. The Morgan fingerprint density at radius 1 is 0.939 bits per heavy atom. The molecule has 33 heavy (non-hydrogen) atoms. The van der Waals surface area contributed by atoms with E-state index in [9.17, 15) is 14.0 Å². The number of ether oxygens (including phenoxy) is 1. The van der Waals surface area contributed by atoms with Crippen molar-refractivity contribution < 1.29 is 18.7 Å². The number of amides is 2. The Morgan fingerprint density at radius 3 is 2.48 bits per heavy atom. The zero-order chi connectivity index (χ0) is 23.5. The van der Waals surface area contributed by atoms with Gasteiger partial charge in [-0.2, -0.15) is 0 Å². The fraction of sp³-hybridized carbons (Fsp3) is 0.0833. The molecule has 168 valence electrons. The number of carbonyl (C=O) groups excluding carboxylic acids is 2. The normalized spacial score (nSPS) is 14.9. The van der Waals surface area contributed by atoms with Gasteiger partial charge >= 0.3 is 0 Å². The molecule has 0 bridgehead atoms. The highest BCUT2D eigenvalue weighted by Crippen LogP contribution is 2.35. The number of para-hydroxylation sites is 1. The van der Waals surface area contributed by atoms with E-state index in [-0.39, 0.29) is 28.6 Å². The van der Waals surface area contributed by atoms with Gasteiger partial charge in [-0.3, -0.25) is 14.5 Å². The van der Waals surface area contributed by atoms with E-state index < -0.39 is 17.0 Å². The molecule has 0 aliphatic carbocycles. The lowest BCUT2D eigenvalue weighted by atomic mass is 10.1. The van der Waals surface area contributed by atoms with Gasteiger partial charge in [0.1, 0.15) is 18.2 Å². The van der Waals surface area contributed by atoms with Gasteiger partial charge in [-0.1, -0.05) is 65.1 Å². The average Bonchev–Trinajstić information content (AvgIpc) is 3.04. The molecule has 1 aliphatic heterocycles. The predicted molar refractivity (Wildman–Crippen MR) is 130 cm³/mol. The summed E-state index contributed by atoms with van der Waals surface area (Å²) in [4.78, 5) is 26.8. The minimum Gasteiger partial charge on any atom is -0.488 e. The Balaban J connectivity index is 1.54. The summed E-state index contributed by atoms with van der Waals surface area (Å²) >= 11 is 18.9. The smallest absolute Gasteiger partial charge is 0.293 e. The molecular formula is C24H15Cl3FNO3S. The number of thioether (sulfide) groups is 1. The van der Waals surface area contributed by atoms with Crippen LogP contribution in [-0.4, -0.2) is 16.0 Å². The highest BCUT2D eigenvalue weighted by molar-refractivity contribution is 8.18. The van der Waals surface area contributed by atoms with Gasteiger partial charge in [0.15, 0.2) is 0 Å². The van der Waals surface area contributed by atoms with Gasteiger partial charge in [0.2, 0.25) is 0 Å². The van der Waals surface area contributed by atoms with Crippen LogP contribution in [-0.2, 0) is 17.9 Å². The number of halogens is 4. The Bertz CT molecular complexity index is 1260. The maximum Gasteiger partial charge on any atom is 0.293 e. The van der Waals surface area contributed by atoms with Gasteiger partial charge in [-0.25, -0.2) is 4.39 Å². The second-order valence-corrected chi connectivity index (χ2v) is 9.26. The van der Waals surface area contributed by atoms with Crippen molar-refractivity contribution in [1.29, 1.82) is 0 Å². The predicted octanol–water partition coefficient (Wildman–Crippen LogP) is 7.60. The lowest BCUT2D eigenvalue weighted by Crippen LogP contribution is -2.27. The second-order valence-electron chi connectivity index (χ2n) is 7.04. The topological polar surface area (TPSA) is 46.6 Å². The average molecular weight is 523 g/mol. The molecule has 0 radical (unpaired) electrons. The molecule has 3 aromatic rings. The number of hydrogen-bond donors (Lipinski definition) is 0. The zero-order valence-electron chi connectivity index (χ0n) is 16.9. The summed E-state index contributed by atoms with van der Waals surface area (Å²) in [6, 6.07) is 16.3. The first-order chi connectivity index (χ1) is 15.8. The van der Waals surface area contributed by atoms with Crippen LogP contribution in [0.3, 0.4) is 0 Å². The summed E-state index contributed by atoms with van der Waals surface area (Å²) in [7, 11) is 0. The minimum atomic E-state index is -0.469. The van der Waals surface area contributed by atoms with Crippen LogP contribution in [0.5, 0.6) is 5.75 Å². The Hall–Kier alpha value is -2.51. The van der Waals surface area contributed by atoms with E-state index in [0.717, 1.165) is 16.7 Å². The van der Waals surface area contributed by atoms with E-state index in [4.69, 9.17) is 39.5 Å². The summed E-state index contributed by atoms with van der Waals surface area (Å²) in [6.07, 6.45) is 1.58. The van der Waals surface area contributed by atoms with Gasteiger partial charge in [-0.15, -0.1) is 0 Å². The van der Waals surface area contributed by atoms with Crippen LogP contribution < -0.4 is 4.74 Å². The largest absolute Gasteiger partial charge is 0.488 e. The SMILES string of the molecule is O=C1S/C(=C\c2ccccc2OCc2c(F)cccc2Cl)C(=O)N1Cc1ccc(Cl)c(Cl)c1. The number of carbonyl (C=O) groups is 2. The van der Waals surface area contributed by atoms with Crippen molar-refractivity contribution in [2.24, 2.45) is 0 Å². The molecule has 0 N–H and O–H groups in total. The summed E-state index contributed by atoms with van der Waals surface area (Å²) in [5.74, 6) is -0.473. The van der Waals surface area contributed by atoms with E-state index in [2.05, 4.69) is 0 Å². The van der Waals surface area contributed by atoms with E-state index in [1.165, 1.54) is 12.1 Å². The van der Waals surface area contributed by atoms with Gasteiger partial charge in [0.05, 0.1) is 26.5 Å². The quantitative estimate of drug-likeness (QED) is 0.313. The summed E-state index contributed by atoms with van der Waals surface area (Å²) < 4.78 is 19.9. The third kappa shape index (κ3) is 5.36. The maximum absolute atomic E-state index is 14.1. The van der Waals surface area contributed by atoms with E-state index in [0.29, 0.717) is 26.9 Å². The highest BCUT2D eigenvalue weighted by Gasteiger charge is 2.35. The molecule has 9 heteroatoms. The lowest BCUT2D eigenvalue weighted by molar-refractivity contribution is -0.123. The van der Waals surface area contributed by atoms with Crippen molar-refractivity contribution in [3.63, 3.8) is 0 Å². The van der Waals surface area contributed by atoms with Crippen LogP contribution in [0.15, 0.2) is 65.6 Å². The summed E-state index contributed by atoms with van der Waals surface area (Å²) in [5.41, 5.74) is 1.49. The van der Waals surface area contributed by atoms with Gasteiger partial charge in [-0.05, 0) is 53.7 Å². The molecule has 1 aliphatic rings. The molecule has 0 aromatic heterocycles. The van der Waals surface area contributed by atoms with Crippen LogP contribution in [0, 0.1) is 5.82 Å². The fourth-order valence-corrected chi connectivity index (χ4v) is 4.52. The first kappa shape index (κ1) is 23.6. The number of rotatable bonds is 6. The van der Waals surface area contributed by atoms with Crippen molar-refractivity contribution in [3.05, 3.63) is 103 Å². The fourth-order valence-electron chi connectivity index (χ4n) is 3.15. The molecule has 1 fully saturated rings. The monoisotopic (exact) mass is 521 g/mol. The zero-order valence-corrected chi connectivity index (χ0v) is 19.9. The standard InChI is InChI=1S/C24H15Cl3FNO3S/c25-17-5-3-6-20(28)16(17)13-32-21-7-2-1-4-15(21)11-22-23(30)29(24(31)33-22)12-14-8-9-18(26)19(27)10-14/h1-11H,12-13H2/b22-11-.